The second-order valence-electron chi connectivity index (χ2n) is 8.46. The number of morpholine rings is 1. The fraction of sp³-hybridized carbons (Fsp3) is 0.565. The molecule has 31 heavy (non-hydrogen) atoms. The molecule has 1 aromatic rings. The predicted molar refractivity (Wildman–Crippen MR) is 120 cm³/mol. The SMILES string of the molecule is CCOC(=O)N1CCC(N2C(=O)/C(=C3/COCCN3)c3cc(NC(C)C)ccc32)CC1. The van der Waals surface area contributed by atoms with Crippen LogP contribution in [-0.2, 0) is 14.3 Å². The number of hydrogen-bond donors (Lipinski definition) is 2. The Kier molecular flexibility index (Phi) is 6.36. The molecule has 0 spiro atoms. The molecule has 8 nitrogen and oxygen atoms in total. The Bertz CT molecular complexity index is 866. The normalized spacial score (nSPS) is 21.9. The van der Waals surface area contributed by atoms with Gasteiger partial charge in [-0.1, -0.05) is 0 Å². The third-order valence-corrected chi connectivity index (χ3v) is 5.90. The van der Waals surface area contributed by atoms with Crippen molar-refractivity contribution in [3.63, 3.8) is 0 Å². The molecular formula is C23H32N4O4. The van der Waals surface area contributed by atoms with Crippen LogP contribution in [-0.4, -0.2) is 68.4 Å². The minimum absolute atomic E-state index is 0.0132. The monoisotopic (exact) mass is 428 g/mol. The quantitative estimate of drug-likeness (QED) is 0.718. The lowest BCUT2D eigenvalue weighted by Gasteiger charge is -2.36. The molecule has 2 saturated heterocycles. The standard InChI is InChI=1S/C23H32N4O4/c1-4-31-23(29)26-10-7-17(8-11-26)27-20-6-5-16(25-15(2)3)13-18(20)21(22(27)28)19-14-30-12-9-24-19/h5-6,13,15,17,24-25H,4,7-12,14H2,1-3H3/b21-19-. The summed E-state index contributed by atoms with van der Waals surface area (Å²) in [5.41, 5.74) is 4.43. The van der Waals surface area contributed by atoms with Crippen LogP contribution >= 0.6 is 0 Å². The zero-order valence-corrected chi connectivity index (χ0v) is 18.6. The molecule has 3 heterocycles. The van der Waals surface area contributed by atoms with E-state index in [0.717, 1.165) is 35.5 Å². The van der Waals surface area contributed by atoms with Crippen LogP contribution in [0.3, 0.4) is 0 Å². The summed E-state index contributed by atoms with van der Waals surface area (Å²) in [4.78, 5) is 29.4. The number of nitrogens with one attached hydrogen (secondary N) is 2. The first-order valence-electron chi connectivity index (χ1n) is 11.2. The van der Waals surface area contributed by atoms with Crippen molar-refractivity contribution in [1.29, 1.82) is 0 Å². The van der Waals surface area contributed by atoms with Gasteiger partial charge in [0.15, 0.2) is 0 Å². The van der Waals surface area contributed by atoms with Crippen molar-refractivity contribution in [2.75, 3.05) is 49.7 Å². The minimum Gasteiger partial charge on any atom is -0.450 e. The van der Waals surface area contributed by atoms with Crippen LogP contribution in [0.2, 0.25) is 0 Å². The van der Waals surface area contributed by atoms with E-state index in [-0.39, 0.29) is 18.0 Å². The van der Waals surface area contributed by atoms with Crippen LogP contribution in [0.15, 0.2) is 23.9 Å². The molecule has 1 aromatic carbocycles. The van der Waals surface area contributed by atoms with Gasteiger partial charge in [-0.2, -0.15) is 0 Å². The lowest BCUT2D eigenvalue weighted by Crippen LogP contribution is -2.48. The number of carbonyl (C=O) groups is 2. The van der Waals surface area contributed by atoms with E-state index in [1.54, 1.807) is 4.90 Å². The number of piperidine rings is 1. The number of fused-ring (bicyclic) bond motifs is 1. The number of rotatable bonds is 4. The molecule has 0 aliphatic carbocycles. The van der Waals surface area contributed by atoms with Gasteiger partial charge >= 0.3 is 6.09 Å². The van der Waals surface area contributed by atoms with Gasteiger partial charge in [0.1, 0.15) is 0 Å². The summed E-state index contributed by atoms with van der Waals surface area (Å²) >= 11 is 0. The number of ether oxygens (including phenoxy) is 2. The van der Waals surface area contributed by atoms with Crippen LogP contribution in [0.5, 0.6) is 0 Å². The second kappa shape index (κ2) is 9.18. The van der Waals surface area contributed by atoms with Gasteiger partial charge < -0.3 is 29.9 Å². The van der Waals surface area contributed by atoms with E-state index in [0.29, 0.717) is 51.1 Å². The maximum absolute atomic E-state index is 13.7. The smallest absolute Gasteiger partial charge is 0.409 e. The molecule has 0 saturated carbocycles. The van der Waals surface area contributed by atoms with E-state index >= 15 is 0 Å². The Labute approximate surface area is 183 Å². The lowest BCUT2D eigenvalue weighted by molar-refractivity contribution is -0.113. The van der Waals surface area contributed by atoms with Gasteiger partial charge in [-0.15, -0.1) is 0 Å². The van der Waals surface area contributed by atoms with Crippen molar-refractivity contribution in [1.82, 2.24) is 10.2 Å². The molecule has 168 valence electrons. The summed E-state index contributed by atoms with van der Waals surface area (Å²) in [5.74, 6) is 0.0132. The van der Waals surface area contributed by atoms with Crippen molar-refractivity contribution in [2.24, 2.45) is 0 Å². The number of hydrogen-bond acceptors (Lipinski definition) is 6. The van der Waals surface area contributed by atoms with Gasteiger partial charge in [-0.25, -0.2) is 4.79 Å². The molecule has 0 bridgehead atoms. The van der Waals surface area contributed by atoms with Crippen molar-refractivity contribution < 1.29 is 19.1 Å². The van der Waals surface area contributed by atoms with Crippen molar-refractivity contribution in [3.05, 3.63) is 29.5 Å². The molecule has 2 amide bonds. The Morgan fingerprint density at radius 1 is 1.32 bits per heavy atom. The van der Waals surface area contributed by atoms with Crippen LogP contribution in [0.1, 0.15) is 39.2 Å². The Morgan fingerprint density at radius 2 is 2.10 bits per heavy atom. The molecule has 2 fully saturated rings. The van der Waals surface area contributed by atoms with E-state index in [2.05, 4.69) is 30.5 Å². The number of nitrogens with zero attached hydrogens (tertiary/aromatic N) is 2. The van der Waals surface area contributed by atoms with Gasteiger partial charge in [0.2, 0.25) is 0 Å². The van der Waals surface area contributed by atoms with Crippen LogP contribution in [0.4, 0.5) is 16.2 Å². The van der Waals surface area contributed by atoms with E-state index in [1.165, 1.54) is 0 Å². The van der Waals surface area contributed by atoms with Crippen LogP contribution in [0, 0.1) is 0 Å². The first-order valence-corrected chi connectivity index (χ1v) is 11.2. The molecule has 3 aliphatic heterocycles. The largest absolute Gasteiger partial charge is 0.450 e. The average Bonchev–Trinajstić information content (AvgIpc) is 3.05. The van der Waals surface area contributed by atoms with Gasteiger partial charge in [-0.3, -0.25) is 4.79 Å². The van der Waals surface area contributed by atoms with E-state index in [4.69, 9.17) is 9.47 Å². The summed E-state index contributed by atoms with van der Waals surface area (Å²) in [5, 5.41) is 6.80. The highest BCUT2D eigenvalue weighted by molar-refractivity contribution is 6.33. The molecule has 0 radical (unpaired) electrons. The first-order chi connectivity index (χ1) is 15.0. The number of anilines is 2. The average molecular weight is 429 g/mol. The molecule has 0 aromatic heterocycles. The molecular weight excluding hydrogens is 396 g/mol. The number of benzene rings is 1. The number of amides is 2. The summed E-state index contributed by atoms with van der Waals surface area (Å²) in [6.45, 7) is 9.30. The highest BCUT2D eigenvalue weighted by atomic mass is 16.6. The zero-order valence-electron chi connectivity index (χ0n) is 18.6. The Morgan fingerprint density at radius 3 is 2.74 bits per heavy atom. The molecule has 3 aliphatic rings. The molecule has 0 unspecified atom stereocenters. The van der Waals surface area contributed by atoms with Crippen molar-refractivity contribution in [3.8, 4) is 0 Å². The van der Waals surface area contributed by atoms with E-state index in [1.807, 2.05) is 24.0 Å². The highest BCUT2D eigenvalue weighted by Gasteiger charge is 2.40. The minimum atomic E-state index is -0.273. The summed E-state index contributed by atoms with van der Waals surface area (Å²) in [6, 6.07) is 6.48. The highest BCUT2D eigenvalue weighted by Crippen LogP contribution is 2.42. The predicted octanol–water partition coefficient (Wildman–Crippen LogP) is 2.81. The third kappa shape index (κ3) is 4.35. The van der Waals surface area contributed by atoms with Gasteiger partial charge in [0.25, 0.3) is 5.91 Å². The number of carbonyl (C=O) groups excluding carboxylic acids is 2. The van der Waals surface area contributed by atoms with Gasteiger partial charge in [0.05, 0.1) is 36.8 Å². The van der Waals surface area contributed by atoms with Crippen LogP contribution < -0.4 is 15.5 Å². The van der Waals surface area contributed by atoms with E-state index in [9.17, 15) is 9.59 Å². The Hall–Kier alpha value is -2.74. The van der Waals surface area contributed by atoms with Gasteiger partial charge in [-0.05, 0) is 51.8 Å². The van der Waals surface area contributed by atoms with Crippen molar-refractivity contribution in [2.45, 2.75) is 45.7 Å². The van der Waals surface area contributed by atoms with Gasteiger partial charge in [0, 0.05) is 43.0 Å². The Balaban J connectivity index is 1.63. The third-order valence-electron chi connectivity index (χ3n) is 5.90. The molecule has 4 rings (SSSR count). The topological polar surface area (TPSA) is 83.1 Å². The zero-order chi connectivity index (χ0) is 22.0. The lowest BCUT2D eigenvalue weighted by atomic mass is 10.0. The second-order valence-corrected chi connectivity index (χ2v) is 8.46. The molecule has 0 atom stereocenters. The summed E-state index contributed by atoms with van der Waals surface area (Å²) in [6.07, 6.45) is 1.18. The van der Waals surface area contributed by atoms with E-state index < -0.39 is 0 Å². The van der Waals surface area contributed by atoms with Crippen LogP contribution in [0.25, 0.3) is 5.57 Å². The summed E-state index contributed by atoms with van der Waals surface area (Å²) in [7, 11) is 0. The van der Waals surface area contributed by atoms with Crippen molar-refractivity contribution >= 4 is 28.9 Å². The maximum atomic E-state index is 13.7. The maximum Gasteiger partial charge on any atom is 0.409 e. The first kappa shape index (κ1) is 21.5. The molecule has 2 N–H and O–H groups in total. The molecule has 8 heteroatoms. The fourth-order valence-electron chi connectivity index (χ4n) is 4.55. The number of likely N-dealkylation sites (tertiary alicyclic amines) is 1. The summed E-state index contributed by atoms with van der Waals surface area (Å²) < 4.78 is 10.8. The fourth-order valence-corrected chi connectivity index (χ4v) is 4.55.